The molecule has 1 aliphatic heterocycles. The average molecular weight is 352 g/mol. The van der Waals surface area contributed by atoms with Gasteiger partial charge in [0.25, 0.3) is 11.5 Å². The lowest BCUT2D eigenvalue weighted by Gasteiger charge is -2.33. The number of piperidine rings is 1. The number of pyridine rings is 1. The maximum atomic E-state index is 12.6. The van der Waals surface area contributed by atoms with E-state index >= 15 is 0 Å². The molecule has 0 spiro atoms. The summed E-state index contributed by atoms with van der Waals surface area (Å²) in [6, 6.07) is 3.52. The Bertz CT molecular complexity index is 1010. The molecule has 8 nitrogen and oxygen atoms in total. The summed E-state index contributed by atoms with van der Waals surface area (Å²) >= 11 is 0. The molecule has 134 valence electrons. The summed E-state index contributed by atoms with van der Waals surface area (Å²) in [5.41, 5.74) is 1.19. The van der Waals surface area contributed by atoms with E-state index in [0.29, 0.717) is 17.9 Å². The average Bonchev–Trinajstić information content (AvgIpc) is 3.12. The Hall–Kier alpha value is -3.16. The van der Waals surface area contributed by atoms with Crippen molar-refractivity contribution in [2.24, 2.45) is 7.05 Å². The highest BCUT2D eigenvalue weighted by atomic mass is 16.2. The van der Waals surface area contributed by atoms with Gasteiger partial charge < -0.3 is 19.2 Å². The lowest BCUT2D eigenvalue weighted by molar-refractivity contribution is 0.0933. The topological polar surface area (TPSA) is 84.5 Å². The molecule has 8 heteroatoms. The predicted octanol–water partition coefficient (Wildman–Crippen LogP) is 0.827. The minimum Gasteiger partial charge on any atom is -0.350 e. The number of nitrogens with one attached hydrogen (secondary N) is 1. The van der Waals surface area contributed by atoms with Crippen LogP contribution >= 0.6 is 0 Å². The van der Waals surface area contributed by atoms with Gasteiger partial charge in [-0.2, -0.15) is 0 Å². The molecule has 0 saturated carbocycles. The fourth-order valence-electron chi connectivity index (χ4n) is 3.31. The van der Waals surface area contributed by atoms with E-state index in [0.717, 1.165) is 25.0 Å². The van der Waals surface area contributed by atoms with Gasteiger partial charge in [0.1, 0.15) is 5.65 Å². The van der Waals surface area contributed by atoms with Crippen LogP contribution in [-0.2, 0) is 7.05 Å². The van der Waals surface area contributed by atoms with Crippen LogP contribution in [0.1, 0.15) is 23.2 Å². The predicted molar refractivity (Wildman–Crippen MR) is 97.4 cm³/mol. The number of carbonyl (C=O) groups is 1. The van der Waals surface area contributed by atoms with Crippen LogP contribution in [0.15, 0.2) is 47.9 Å². The van der Waals surface area contributed by atoms with E-state index in [1.807, 2.05) is 21.7 Å². The van der Waals surface area contributed by atoms with Crippen molar-refractivity contribution in [3.8, 4) is 0 Å². The van der Waals surface area contributed by atoms with Crippen molar-refractivity contribution in [2.75, 3.05) is 18.0 Å². The molecule has 1 atom stereocenters. The summed E-state index contributed by atoms with van der Waals surface area (Å²) in [4.78, 5) is 35.3. The first-order chi connectivity index (χ1) is 12.6. The second-order valence-corrected chi connectivity index (χ2v) is 6.53. The van der Waals surface area contributed by atoms with E-state index in [2.05, 4.69) is 15.3 Å². The maximum absolute atomic E-state index is 12.6. The monoisotopic (exact) mass is 352 g/mol. The minimum atomic E-state index is -0.128. The first-order valence-corrected chi connectivity index (χ1v) is 8.62. The first kappa shape index (κ1) is 16.3. The Balaban J connectivity index is 1.48. The summed E-state index contributed by atoms with van der Waals surface area (Å²) in [6.45, 7) is 1.34. The normalized spacial score (nSPS) is 17.4. The number of hydrogen-bond donors (Lipinski definition) is 1. The van der Waals surface area contributed by atoms with Crippen LogP contribution in [-0.4, -0.2) is 44.0 Å². The summed E-state index contributed by atoms with van der Waals surface area (Å²) in [5.74, 6) is 0.309. The molecule has 26 heavy (non-hydrogen) atoms. The van der Waals surface area contributed by atoms with Crippen LogP contribution in [0.5, 0.6) is 0 Å². The van der Waals surface area contributed by atoms with Crippen molar-refractivity contribution in [3.63, 3.8) is 0 Å². The molecule has 0 aromatic carbocycles. The second kappa shape index (κ2) is 6.62. The molecule has 0 unspecified atom stereocenters. The number of aryl methyl sites for hydroxylation is 1. The summed E-state index contributed by atoms with van der Waals surface area (Å²) < 4.78 is 3.38. The van der Waals surface area contributed by atoms with Crippen molar-refractivity contribution in [2.45, 2.75) is 18.9 Å². The molecule has 0 aliphatic carbocycles. The van der Waals surface area contributed by atoms with Crippen LogP contribution in [0, 0.1) is 0 Å². The Kier molecular flexibility index (Phi) is 4.16. The number of nitrogens with zero attached hydrogens (tertiary/aromatic N) is 5. The van der Waals surface area contributed by atoms with E-state index in [9.17, 15) is 9.59 Å². The quantitative estimate of drug-likeness (QED) is 0.755. The highest BCUT2D eigenvalue weighted by Crippen LogP contribution is 2.15. The molecule has 1 saturated heterocycles. The van der Waals surface area contributed by atoms with Crippen LogP contribution in [0.3, 0.4) is 0 Å². The van der Waals surface area contributed by atoms with Crippen LogP contribution in [0.2, 0.25) is 0 Å². The first-order valence-electron chi connectivity index (χ1n) is 8.62. The van der Waals surface area contributed by atoms with E-state index in [1.165, 1.54) is 4.57 Å². The number of aromatic nitrogens is 4. The molecule has 1 aliphatic rings. The van der Waals surface area contributed by atoms with Gasteiger partial charge in [0.05, 0.1) is 0 Å². The third kappa shape index (κ3) is 3.05. The van der Waals surface area contributed by atoms with Crippen LogP contribution < -0.4 is 15.8 Å². The molecule has 1 N–H and O–H groups in total. The highest BCUT2D eigenvalue weighted by molar-refractivity contribution is 5.95. The van der Waals surface area contributed by atoms with Gasteiger partial charge in [0, 0.05) is 62.7 Å². The zero-order valence-corrected chi connectivity index (χ0v) is 14.5. The van der Waals surface area contributed by atoms with Gasteiger partial charge in [0.15, 0.2) is 5.82 Å². The van der Waals surface area contributed by atoms with E-state index in [4.69, 9.17) is 0 Å². The highest BCUT2D eigenvalue weighted by Gasteiger charge is 2.24. The molecule has 3 aromatic rings. The number of rotatable bonds is 3. The minimum absolute atomic E-state index is 0.0288. The fourth-order valence-corrected chi connectivity index (χ4v) is 3.31. The molecule has 0 radical (unpaired) electrons. The Morgan fingerprint density at radius 3 is 2.96 bits per heavy atom. The number of amides is 1. The molecule has 1 fully saturated rings. The van der Waals surface area contributed by atoms with E-state index < -0.39 is 0 Å². The van der Waals surface area contributed by atoms with Crippen molar-refractivity contribution in [3.05, 3.63) is 59.0 Å². The lowest BCUT2D eigenvalue weighted by atomic mass is 10.1. The van der Waals surface area contributed by atoms with Crippen molar-refractivity contribution < 1.29 is 4.79 Å². The Labute approximate surface area is 150 Å². The van der Waals surface area contributed by atoms with Crippen molar-refractivity contribution in [1.82, 2.24) is 24.3 Å². The number of carbonyl (C=O) groups excluding carboxylic acids is 1. The van der Waals surface area contributed by atoms with E-state index in [1.54, 1.807) is 37.8 Å². The van der Waals surface area contributed by atoms with Gasteiger partial charge >= 0.3 is 0 Å². The largest absolute Gasteiger partial charge is 0.350 e. The van der Waals surface area contributed by atoms with Gasteiger partial charge in [-0.25, -0.2) is 9.97 Å². The van der Waals surface area contributed by atoms with Crippen molar-refractivity contribution >= 4 is 17.4 Å². The molecule has 1 amide bonds. The number of fused-ring (bicyclic) bond motifs is 1. The van der Waals surface area contributed by atoms with Gasteiger partial charge in [0.2, 0.25) is 0 Å². The third-order valence-electron chi connectivity index (χ3n) is 4.71. The molecular weight excluding hydrogens is 332 g/mol. The lowest BCUT2D eigenvalue weighted by Crippen LogP contribution is -2.49. The Morgan fingerprint density at radius 2 is 2.08 bits per heavy atom. The van der Waals surface area contributed by atoms with Gasteiger partial charge in [-0.15, -0.1) is 0 Å². The summed E-state index contributed by atoms with van der Waals surface area (Å²) in [6.07, 6.45) is 10.4. The standard InChI is InChI=1S/C18H20N6O2/c1-22-9-5-20-16(18(22)26)24-7-2-3-14(12-24)21-17(25)13-4-8-23-10-6-19-15(23)11-13/h4-6,8-11,14H,2-3,7,12H2,1H3,(H,21,25)/t14-/m1/s1. The zero-order valence-electron chi connectivity index (χ0n) is 14.5. The summed E-state index contributed by atoms with van der Waals surface area (Å²) in [5, 5.41) is 3.07. The summed E-state index contributed by atoms with van der Waals surface area (Å²) in [7, 11) is 1.71. The molecule has 4 rings (SSSR count). The van der Waals surface area contributed by atoms with Crippen LogP contribution in [0.4, 0.5) is 5.82 Å². The number of anilines is 1. The third-order valence-corrected chi connectivity index (χ3v) is 4.71. The molecule has 0 bridgehead atoms. The number of hydrogen-bond acceptors (Lipinski definition) is 5. The van der Waals surface area contributed by atoms with Gasteiger partial charge in [-0.05, 0) is 25.0 Å². The molecule has 4 heterocycles. The second-order valence-electron chi connectivity index (χ2n) is 6.53. The fraction of sp³-hybridized carbons (Fsp3) is 0.333. The van der Waals surface area contributed by atoms with Crippen molar-refractivity contribution in [1.29, 1.82) is 0 Å². The maximum Gasteiger partial charge on any atom is 0.293 e. The smallest absolute Gasteiger partial charge is 0.293 e. The van der Waals surface area contributed by atoms with E-state index in [-0.39, 0.29) is 17.5 Å². The zero-order chi connectivity index (χ0) is 18.1. The SMILES string of the molecule is Cn1ccnc(N2CCC[C@@H](NC(=O)c3ccn4ccnc4c3)C2)c1=O. The van der Waals surface area contributed by atoms with Gasteiger partial charge in [-0.1, -0.05) is 0 Å². The Morgan fingerprint density at radius 1 is 1.23 bits per heavy atom. The number of imidazole rings is 1. The molecular formula is C18H20N6O2. The molecule has 3 aromatic heterocycles. The van der Waals surface area contributed by atoms with Gasteiger partial charge in [-0.3, -0.25) is 9.59 Å². The van der Waals surface area contributed by atoms with Crippen LogP contribution in [0.25, 0.3) is 5.65 Å².